The molecule has 1 aromatic rings. The van der Waals surface area contributed by atoms with Crippen molar-refractivity contribution in [2.75, 3.05) is 24.3 Å². The molecule has 2 rings (SSSR count). The molecule has 1 atom stereocenters. The van der Waals surface area contributed by atoms with Crippen LogP contribution >= 0.6 is 12.6 Å². The lowest BCUT2D eigenvalue weighted by Gasteiger charge is -2.15. The molecule has 19 heavy (non-hydrogen) atoms. The maximum Gasteiger partial charge on any atom is 0.312 e. The van der Waals surface area contributed by atoms with E-state index in [-0.39, 0.29) is 29.2 Å². The van der Waals surface area contributed by atoms with Gasteiger partial charge in [0.1, 0.15) is 0 Å². The van der Waals surface area contributed by atoms with Crippen LogP contribution in [0.2, 0.25) is 0 Å². The summed E-state index contributed by atoms with van der Waals surface area (Å²) >= 11 is 4.16. The normalized spacial score (nSPS) is 18.7. The van der Waals surface area contributed by atoms with Crippen LogP contribution in [0.25, 0.3) is 0 Å². The molecule has 2 heterocycles. The number of aromatic nitrogens is 1. The Morgan fingerprint density at radius 2 is 2.37 bits per heavy atom. The Morgan fingerprint density at radius 1 is 1.63 bits per heavy atom. The highest BCUT2D eigenvalue weighted by molar-refractivity contribution is 7.80. The number of methoxy groups -OCH3 is 1. The number of hydrogen-bond donors (Lipinski definition) is 1. The first kappa shape index (κ1) is 13.6. The van der Waals surface area contributed by atoms with Gasteiger partial charge in [0.05, 0.1) is 12.0 Å². The van der Waals surface area contributed by atoms with E-state index in [1.807, 2.05) is 0 Å². The topological polar surface area (TPSA) is 85.6 Å². The van der Waals surface area contributed by atoms with E-state index in [0.29, 0.717) is 18.7 Å². The average molecular weight is 283 g/mol. The molecular formula is C11H13N3O4S. The Labute approximate surface area is 115 Å². The van der Waals surface area contributed by atoms with Gasteiger partial charge in [0.25, 0.3) is 0 Å². The van der Waals surface area contributed by atoms with Crippen molar-refractivity contribution in [3.05, 3.63) is 22.2 Å². The third kappa shape index (κ3) is 2.62. The molecule has 1 aromatic heterocycles. The average Bonchev–Trinajstić information content (AvgIpc) is 2.79. The van der Waals surface area contributed by atoms with Crippen molar-refractivity contribution in [3.63, 3.8) is 0 Å². The fourth-order valence-electron chi connectivity index (χ4n) is 1.99. The van der Waals surface area contributed by atoms with Crippen LogP contribution in [0.15, 0.2) is 12.1 Å². The molecule has 0 radical (unpaired) electrons. The molecule has 0 spiro atoms. The highest BCUT2D eigenvalue weighted by Crippen LogP contribution is 2.33. The number of anilines is 1. The molecule has 1 aliphatic heterocycles. The Morgan fingerprint density at radius 3 is 2.89 bits per heavy atom. The van der Waals surface area contributed by atoms with Gasteiger partial charge in [-0.2, -0.15) is 17.6 Å². The van der Waals surface area contributed by atoms with Crippen molar-refractivity contribution in [1.82, 2.24) is 4.98 Å². The Kier molecular flexibility index (Phi) is 3.89. The third-order valence-electron chi connectivity index (χ3n) is 2.95. The predicted octanol–water partition coefficient (Wildman–Crippen LogP) is 1.28. The first-order chi connectivity index (χ1) is 9.06. The summed E-state index contributed by atoms with van der Waals surface area (Å²) in [5.74, 6) is 0.743. The second-order valence-corrected chi connectivity index (χ2v) is 4.58. The SMILES string of the molecule is COc1ccc([N+](=O)[O-])c(N2CC(CS)CC2=O)n1. The summed E-state index contributed by atoms with van der Waals surface area (Å²) in [6, 6.07) is 2.70. The lowest BCUT2D eigenvalue weighted by atomic mass is 10.1. The number of carbonyl (C=O) groups is 1. The third-order valence-corrected chi connectivity index (χ3v) is 3.47. The molecule has 7 nitrogen and oxygen atoms in total. The van der Waals surface area contributed by atoms with Gasteiger partial charge in [0.15, 0.2) is 0 Å². The van der Waals surface area contributed by atoms with E-state index in [2.05, 4.69) is 17.6 Å². The minimum Gasteiger partial charge on any atom is -0.481 e. The van der Waals surface area contributed by atoms with E-state index >= 15 is 0 Å². The van der Waals surface area contributed by atoms with Gasteiger partial charge in [0.2, 0.25) is 17.6 Å². The molecule has 0 aromatic carbocycles. The van der Waals surface area contributed by atoms with E-state index in [4.69, 9.17) is 4.74 Å². The number of rotatable bonds is 4. The molecule has 0 N–H and O–H groups in total. The molecule has 102 valence electrons. The number of pyridine rings is 1. The van der Waals surface area contributed by atoms with E-state index in [9.17, 15) is 14.9 Å². The summed E-state index contributed by atoms with van der Waals surface area (Å²) < 4.78 is 4.95. The van der Waals surface area contributed by atoms with Crippen molar-refractivity contribution in [2.45, 2.75) is 6.42 Å². The molecule has 1 aliphatic rings. The van der Waals surface area contributed by atoms with Crippen LogP contribution in [0, 0.1) is 16.0 Å². The van der Waals surface area contributed by atoms with Crippen molar-refractivity contribution in [1.29, 1.82) is 0 Å². The van der Waals surface area contributed by atoms with E-state index < -0.39 is 4.92 Å². The number of nitrogens with zero attached hydrogens (tertiary/aromatic N) is 3. The zero-order valence-corrected chi connectivity index (χ0v) is 11.2. The first-order valence-electron chi connectivity index (χ1n) is 5.67. The minimum atomic E-state index is -0.553. The maximum atomic E-state index is 11.9. The van der Waals surface area contributed by atoms with E-state index in [1.54, 1.807) is 0 Å². The van der Waals surface area contributed by atoms with Crippen LogP contribution in [-0.4, -0.2) is 35.2 Å². The highest BCUT2D eigenvalue weighted by Gasteiger charge is 2.34. The number of amides is 1. The Balaban J connectivity index is 2.42. The molecule has 0 saturated carbocycles. The lowest BCUT2D eigenvalue weighted by Crippen LogP contribution is -2.26. The zero-order valence-electron chi connectivity index (χ0n) is 10.3. The molecule has 1 saturated heterocycles. The molecule has 0 aliphatic carbocycles. The summed E-state index contributed by atoms with van der Waals surface area (Å²) in [6.45, 7) is 0.392. The Hall–Kier alpha value is -1.83. The number of ether oxygens (including phenoxy) is 1. The number of hydrogen-bond acceptors (Lipinski definition) is 6. The van der Waals surface area contributed by atoms with Crippen LogP contribution in [0.5, 0.6) is 5.88 Å². The number of carbonyl (C=O) groups excluding carboxylic acids is 1. The summed E-state index contributed by atoms with van der Waals surface area (Å²) in [6.07, 6.45) is 0.333. The van der Waals surface area contributed by atoms with Crippen molar-refractivity contribution < 1.29 is 14.5 Å². The summed E-state index contributed by atoms with van der Waals surface area (Å²) in [4.78, 5) is 27.7. The fourth-order valence-corrected chi connectivity index (χ4v) is 2.23. The maximum absolute atomic E-state index is 11.9. The number of nitro groups is 1. The van der Waals surface area contributed by atoms with Gasteiger partial charge >= 0.3 is 5.69 Å². The predicted molar refractivity (Wildman–Crippen MR) is 71.8 cm³/mol. The number of thiol groups is 1. The van der Waals surface area contributed by atoms with Gasteiger partial charge in [-0.3, -0.25) is 19.8 Å². The van der Waals surface area contributed by atoms with Crippen LogP contribution in [-0.2, 0) is 4.79 Å². The van der Waals surface area contributed by atoms with Gasteiger partial charge in [-0.25, -0.2) is 0 Å². The molecule has 0 bridgehead atoms. The minimum absolute atomic E-state index is 0.0404. The summed E-state index contributed by atoms with van der Waals surface area (Å²) in [7, 11) is 1.42. The highest BCUT2D eigenvalue weighted by atomic mass is 32.1. The molecule has 8 heteroatoms. The van der Waals surface area contributed by atoms with Crippen LogP contribution in [0.1, 0.15) is 6.42 Å². The molecule has 1 amide bonds. The monoisotopic (exact) mass is 283 g/mol. The molecule has 1 fully saturated rings. The first-order valence-corrected chi connectivity index (χ1v) is 6.30. The van der Waals surface area contributed by atoms with Gasteiger partial charge in [-0.1, -0.05) is 0 Å². The zero-order chi connectivity index (χ0) is 14.0. The smallest absolute Gasteiger partial charge is 0.312 e. The fraction of sp³-hybridized carbons (Fsp3) is 0.455. The summed E-state index contributed by atoms with van der Waals surface area (Å²) in [5, 5.41) is 11.0. The van der Waals surface area contributed by atoms with Gasteiger partial charge in [0, 0.05) is 25.1 Å². The largest absolute Gasteiger partial charge is 0.481 e. The van der Waals surface area contributed by atoms with E-state index in [1.165, 1.54) is 24.1 Å². The van der Waals surface area contributed by atoms with Gasteiger partial charge < -0.3 is 4.74 Å². The molecule has 1 unspecified atom stereocenters. The lowest BCUT2D eigenvalue weighted by molar-refractivity contribution is -0.384. The quantitative estimate of drug-likeness (QED) is 0.511. The second-order valence-electron chi connectivity index (χ2n) is 4.21. The standard InChI is InChI=1S/C11H13N3O4S/c1-18-9-3-2-8(14(16)17)11(12-9)13-5-7(6-19)4-10(13)15/h2-3,7,19H,4-6H2,1H3. The van der Waals surface area contributed by atoms with E-state index in [0.717, 1.165) is 0 Å². The van der Waals surface area contributed by atoms with Crippen molar-refractivity contribution in [3.8, 4) is 5.88 Å². The molecular weight excluding hydrogens is 270 g/mol. The second kappa shape index (κ2) is 5.43. The van der Waals surface area contributed by atoms with Crippen molar-refractivity contribution in [2.24, 2.45) is 5.92 Å². The van der Waals surface area contributed by atoms with Crippen LogP contribution in [0.3, 0.4) is 0 Å². The van der Waals surface area contributed by atoms with Gasteiger partial charge in [-0.05, 0) is 11.7 Å². The van der Waals surface area contributed by atoms with Crippen LogP contribution < -0.4 is 9.64 Å². The van der Waals surface area contributed by atoms with Crippen LogP contribution in [0.4, 0.5) is 11.5 Å². The summed E-state index contributed by atoms with van der Waals surface area (Å²) in [5.41, 5.74) is -0.200. The van der Waals surface area contributed by atoms with Gasteiger partial charge in [-0.15, -0.1) is 0 Å². The van der Waals surface area contributed by atoms with Crippen molar-refractivity contribution >= 4 is 30.0 Å². The Bertz CT molecular complexity index is 523.